The van der Waals surface area contributed by atoms with Gasteiger partial charge < -0.3 is 19.9 Å². The van der Waals surface area contributed by atoms with E-state index in [-0.39, 0.29) is 36.8 Å². The second-order valence-electron chi connectivity index (χ2n) is 5.71. The number of carbonyl (C=O) groups excluding carboxylic acids is 1. The molecule has 0 spiro atoms. The summed E-state index contributed by atoms with van der Waals surface area (Å²) in [6, 6.07) is 2.06. The molecule has 1 N–H and O–H groups in total. The Labute approximate surface area is 162 Å². The maximum Gasteiger partial charge on any atom is 0.253 e. The summed E-state index contributed by atoms with van der Waals surface area (Å²) in [6.45, 7) is 5.01. The van der Waals surface area contributed by atoms with Gasteiger partial charge in [-0.05, 0) is 11.4 Å². The number of nitrogens with one attached hydrogen (secondary N) is 1. The van der Waals surface area contributed by atoms with Crippen LogP contribution >= 0.6 is 36.2 Å². The van der Waals surface area contributed by atoms with Gasteiger partial charge >= 0.3 is 0 Å². The predicted octanol–water partition coefficient (Wildman–Crippen LogP) is 1.17. The maximum atomic E-state index is 12.5. The van der Waals surface area contributed by atoms with Crippen molar-refractivity contribution in [1.82, 2.24) is 20.2 Å². The van der Waals surface area contributed by atoms with E-state index >= 15 is 0 Å². The molecule has 2 aliphatic heterocycles. The number of amides is 1. The van der Waals surface area contributed by atoms with E-state index in [1.807, 2.05) is 10.3 Å². The first-order chi connectivity index (χ1) is 11.3. The molecule has 4 heterocycles. The summed E-state index contributed by atoms with van der Waals surface area (Å²) in [5.74, 6) is 1.07. The molecule has 0 saturated carbocycles. The predicted molar refractivity (Wildman–Crippen MR) is 103 cm³/mol. The Morgan fingerprint density at radius 3 is 2.76 bits per heavy atom. The van der Waals surface area contributed by atoms with Crippen LogP contribution in [0.15, 0.2) is 17.8 Å². The van der Waals surface area contributed by atoms with Crippen molar-refractivity contribution < 1.29 is 9.53 Å². The zero-order valence-corrected chi connectivity index (χ0v) is 16.0. The lowest BCUT2D eigenvalue weighted by Crippen LogP contribution is -2.55. The van der Waals surface area contributed by atoms with Crippen LogP contribution in [-0.2, 0) is 9.53 Å². The number of ether oxygens (including phenoxy) is 1. The zero-order chi connectivity index (χ0) is 15.6. The highest BCUT2D eigenvalue weighted by Gasteiger charge is 2.29. The van der Waals surface area contributed by atoms with E-state index < -0.39 is 0 Å². The summed E-state index contributed by atoms with van der Waals surface area (Å²) < 4.78 is 5.57. The van der Waals surface area contributed by atoms with E-state index in [2.05, 4.69) is 26.3 Å². The van der Waals surface area contributed by atoms with Crippen molar-refractivity contribution in [1.29, 1.82) is 0 Å². The van der Waals surface area contributed by atoms with Crippen LogP contribution < -0.4 is 10.2 Å². The highest BCUT2D eigenvalue weighted by atomic mass is 35.5. The number of nitrogens with zero attached hydrogens (tertiary/aromatic N) is 4. The van der Waals surface area contributed by atoms with Crippen LogP contribution in [0.25, 0.3) is 10.2 Å². The standard InChI is InChI=1S/C15H19N5O2S.2ClH/c21-15(12-9-16-2-7-22-12)20-5-3-19(4-6-20)13-11-1-8-23-14(11)18-10-17-13;;/h1,8,10,12,16H,2-7,9H2;2*1H. The average Bonchev–Trinajstić information content (AvgIpc) is 3.11. The molecule has 10 heteroatoms. The summed E-state index contributed by atoms with van der Waals surface area (Å²) in [5.41, 5.74) is 0. The number of thiophene rings is 1. The summed E-state index contributed by atoms with van der Waals surface area (Å²) in [6.07, 6.45) is 1.28. The van der Waals surface area contributed by atoms with Crippen molar-refractivity contribution in [3.05, 3.63) is 17.8 Å². The third-order valence-corrected chi connectivity index (χ3v) is 5.16. The fourth-order valence-electron chi connectivity index (χ4n) is 3.10. The van der Waals surface area contributed by atoms with Gasteiger partial charge in [0.2, 0.25) is 0 Å². The molecule has 1 amide bonds. The fourth-order valence-corrected chi connectivity index (χ4v) is 3.82. The number of rotatable bonds is 2. The SMILES string of the molecule is Cl.Cl.O=C(C1CNCCO1)N1CCN(c2ncnc3sccc23)CC1. The van der Waals surface area contributed by atoms with Crippen molar-refractivity contribution in [3.63, 3.8) is 0 Å². The zero-order valence-electron chi connectivity index (χ0n) is 13.6. The molecule has 1 unspecified atom stereocenters. The minimum absolute atomic E-state index is 0. The Bertz CT molecular complexity index is 702. The van der Waals surface area contributed by atoms with Gasteiger partial charge in [0.1, 0.15) is 23.1 Å². The Morgan fingerprint density at radius 2 is 2.04 bits per heavy atom. The number of morpholine rings is 1. The van der Waals surface area contributed by atoms with E-state index in [1.54, 1.807) is 17.7 Å². The first-order valence-electron chi connectivity index (χ1n) is 7.87. The first-order valence-corrected chi connectivity index (χ1v) is 8.75. The van der Waals surface area contributed by atoms with E-state index in [1.165, 1.54) is 0 Å². The van der Waals surface area contributed by atoms with Crippen molar-refractivity contribution in [3.8, 4) is 0 Å². The number of halogens is 2. The Kier molecular flexibility index (Phi) is 7.21. The van der Waals surface area contributed by atoms with Gasteiger partial charge in [-0.15, -0.1) is 36.2 Å². The second-order valence-corrected chi connectivity index (χ2v) is 6.61. The van der Waals surface area contributed by atoms with Gasteiger partial charge in [-0.25, -0.2) is 9.97 Å². The molecular weight excluding hydrogens is 385 g/mol. The van der Waals surface area contributed by atoms with E-state index in [0.29, 0.717) is 26.2 Å². The number of carbonyl (C=O) groups is 1. The Balaban J connectivity index is 0.00000113. The molecule has 2 saturated heterocycles. The van der Waals surface area contributed by atoms with Crippen LogP contribution in [0.3, 0.4) is 0 Å². The molecule has 1 atom stereocenters. The molecule has 4 rings (SSSR count). The lowest BCUT2D eigenvalue weighted by Gasteiger charge is -2.37. The number of fused-ring (bicyclic) bond motifs is 1. The molecule has 2 fully saturated rings. The molecule has 0 aromatic carbocycles. The van der Waals surface area contributed by atoms with E-state index in [0.717, 1.165) is 35.7 Å². The van der Waals surface area contributed by atoms with Crippen molar-refractivity contribution in [2.75, 3.05) is 50.8 Å². The van der Waals surface area contributed by atoms with Gasteiger partial charge in [0.25, 0.3) is 5.91 Å². The topological polar surface area (TPSA) is 70.6 Å². The van der Waals surface area contributed by atoms with E-state index in [9.17, 15) is 4.79 Å². The van der Waals surface area contributed by atoms with Crippen LogP contribution in [0.1, 0.15) is 0 Å². The normalized spacial score (nSPS) is 20.7. The molecule has 2 aromatic heterocycles. The quantitative estimate of drug-likeness (QED) is 0.808. The molecule has 7 nitrogen and oxygen atoms in total. The third-order valence-electron chi connectivity index (χ3n) is 4.33. The number of anilines is 1. The van der Waals surface area contributed by atoms with Crippen LogP contribution in [0.5, 0.6) is 0 Å². The number of hydrogen-bond acceptors (Lipinski definition) is 7. The summed E-state index contributed by atoms with van der Waals surface area (Å²) >= 11 is 1.62. The third kappa shape index (κ3) is 4.15. The summed E-state index contributed by atoms with van der Waals surface area (Å²) in [7, 11) is 0. The molecule has 138 valence electrons. The molecule has 2 aromatic rings. The molecule has 0 aliphatic carbocycles. The second kappa shape index (κ2) is 8.95. The van der Waals surface area contributed by atoms with Crippen LogP contribution in [0.2, 0.25) is 0 Å². The first kappa shape index (κ1) is 20.1. The minimum atomic E-state index is -0.335. The average molecular weight is 406 g/mol. The smallest absolute Gasteiger partial charge is 0.253 e. The van der Waals surface area contributed by atoms with Crippen LogP contribution in [0.4, 0.5) is 5.82 Å². The van der Waals surface area contributed by atoms with Crippen molar-refractivity contribution in [2.45, 2.75) is 6.10 Å². The maximum absolute atomic E-state index is 12.5. The molecule has 2 aliphatic rings. The van der Waals surface area contributed by atoms with Crippen LogP contribution in [-0.4, -0.2) is 72.8 Å². The van der Waals surface area contributed by atoms with Gasteiger partial charge in [-0.2, -0.15) is 0 Å². The molecular formula is C15H21Cl2N5O2S. The molecule has 0 radical (unpaired) electrons. The Morgan fingerprint density at radius 1 is 1.24 bits per heavy atom. The highest BCUT2D eigenvalue weighted by molar-refractivity contribution is 7.16. The number of aromatic nitrogens is 2. The van der Waals surface area contributed by atoms with Gasteiger partial charge in [0.15, 0.2) is 0 Å². The van der Waals surface area contributed by atoms with Crippen molar-refractivity contribution >= 4 is 58.1 Å². The Hall–Kier alpha value is -1.19. The largest absolute Gasteiger partial charge is 0.366 e. The molecule has 25 heavy (non-hydrogen) atoms. The monoisotopic (exact) mass is 405 g/mol. The number of piperazine rings is 1. The lowest BCUT2D eigenvalue weighted by atomic mass is 10.2. The fraction of sp³-hybridized carbons (Fsp3) is 0.533. The van der Waals surface area contributed by atoms with Gasteiger partial charge in [0, 0.05) is 39.3 Å². The highest BCUT2D eigenvalue weighted by Crippen LogP contribution is 2.27. The van der Waals surface area contributed by atoms with Gasteiger partial charge in [0.05, 0.1) is 12.0 Å². The van der Waals surface area contributed by atoms with Gasteiger partial charge in [-0.1, -0.05) is 0 Å². The van der Waals surface area contributed by atoms with Crippen LogP contribution in [0, 0.1) is 0 Å². The van der Waals surface area contributed by atoms with Crippen molar-refractivity contribution in [2.24, 2.45) is 0 Å². The minimum Gasteiger partial charge on any atom is -0.366 e. The summed E-state index contributed by atoms with van der Waals surface area (Å²) in [4.78, 5) is 26.4. The lowest BCUT2D eigenvalue weighted by molar-refractivity contribution is -0.145. The molecule has 0 bridgehead atoms. The van der Waals surface area contributed by atoms with E-state index in [4.69, 9.17) is 4.74 Å². The number of hydrogen-bond donors (Lipinski definition) is 1. The van der Waals surface area contributed by atoms with Gasteiger partial charge in [-0.3, -0.25) is 4.79 Å². The summed E-state index contributed by atoms with van der Waals surface area (Å²) in [5, 5.41) is 6.34.